The fourth-order valence-electron chi connectivity index (χ4n) is 3.81. The van der Waals surface area contributed by atoms with Gasteiger partial charge in [-0.05, 0) is 55.8 Å². The highest BCUT2D eigenvalue weighted by Crippen LogP contribution is 2.43. The van der Waals surface area contributed by atoms with Gasteiger partial charge in [-0.15, -0.1) is 0 Å². The summed E-state index contributed by atoms with van der Waals surface area (Å²) in [7, 11) is 0. The van der Waals surface area contributed by atoms with E-state index in [4.69, 9.17) is 0 Å². The van der Waals surface area contributed by atoms with Crippen LogP contribution in [0.25, 0.3) is 0 Å². The maximum absolute atomic E-state index is 2.43. The maximum atomic E-state index is 2.43. The van der Waals surface area contributed by atoms with E-state index in [0.29, 0.717) is 0 Å². The first-order valence-electron chi connectivity index (χ1n) is 6.94. The van der Waals surface area contributed by atoms with Gasteiger partial charge in [-0.3, -0.25) is 0 Å². The van der Waals surface area contributed by atoms with Gasteiger partial charge >= 0.3 is 0 Å². The lowest BCUT2D eigenvalue weighted by Crippen LogP contribution is -2.30. The van der Waals surface area contributed by atoms with Crippen LogP contribution >= 0.6 is 0 Å². The van der Waals surface area contributed by atoms with Gasteiger partial charge in [-0.1, -0.05) is 38.8 Å². The molecule has 2 aliphatic rings. The van der Waals surface area contributed by atoms with Crippen molar-refractivity contribution in [3.8, 4) is 0 Å². The number of allylic oxidation sites excluding steroid dienone is 2. The van der Waals surface area contributed by atoms with E-state index in [1.807, 2.05) is 0 Å². The zero-order valence-corrected chi connectivity index (χ0v) is 10.4. The van der Waals surface area contributed by atoms with Gasteiger partial charge in [0.25, 0.3) is 0 Å². The first-order chi connectivity index (χ1) is 7.29. The third kappa shape index (κ3) is 2.65. The Labute approximate surface area is 95.1 Å². The Morgan fingerprint density at radius 1 is 1.00 bits per heavy atom. The van der Waals surface area contributed by atoms with Gasteiger partial charge in [-0.2, -0.15) is 0 Å². The van der Waals surface area contributed by atoms with Crippen LogP contribution in [-0.4, -0.2) is 0 Å². The second-order valence-corrected chi connectivity index (χ2v) is 5.90. The summed E-state index contributed by atoms with van der Waals surface area (Å²) < 4.78 is 0. The summed E-state index contributed by atoms with van der Waals surface area (Å²) >= 11 is 0. The van der Waals surface area contributed by atoms with Crippen molar-refractivity contribution in [1.82, 2.24) is 0 Å². The molecule has 0 aromatic rings. The van der Waals surface area contributed by atoms with Gasteiger partial charge in [0.1, 0.15) is 0 Å². The molecule has 2 rings (SSSR count). The Balaban J connectivity index is 2.00. The predicted molar refractivity (Wildman–Crippen MR) is 66.8 cm³/mol. The molecule has 3 unspecified atom stereocenters. The molecule has 15 heavy (non-hydrogen) atoms. The molecule has 2 aliphatic carbocycles. The van der Waals surface area contributed by atoms with Crippen molar-refractivity contribution in [2.45, 2.75) is 58.8 Å². The highest BCUT2D eigenvalue weighted by molar-refractivity contribution is 4.94. The molecule has 0 spiro atoms. The van der Waals surface area contributed by atoms with Crippen LogP contribution in [0, 0.1) is 23.7 Å². The topological polar surface area (TPSA) is 0 Å². The summed E-state index contributed by atoms with van der Waals surface area (Å²) in [6.07, 6.45) is 15.0. The molecule has 1 fully saturated rings. The molecular weight excluding hydrogens is 180 g/mol. The molecule has 0 nitrogen and oxygen atoms in total. The third-order valence-corrected chi connectivity index (χ3v) is 4.65. The average molecular weight is 206 g/mol. The van der Waals surface area contributed by atoms with Gasteiger partial charge in [-0.25, -0.2) is 0 Å². The minimum Gasteiger partial charge on any atom is -0.0885 e. The summed E-state index contributed by atoms with van der Waals surface area (Å²) in [5, 5.41) is 0. The zero-order chi connectivity index (χ0) is 10.7. The van der Waals surface area contributed by atoms with Gasteiger partial charge in [0.15, 0.2) is 0 Å². The summed E-state index contributed by atoms with van der Waals surface area (Å²) in [6.45, 7) is 4.86. The van der Waals surface area contributed by atoms with E-state index in [0.717, 1.165) is 23.7 Å². The van der Waals surface area contributed by atoms with Gasteiger partial charge in [0.05, 0.1) is 0 Å². The number of rotatable bonds is 2. The Morgan fingerprint density at radius 2 is 1.80 bits per heavy atom. The van der Waals surface area contributed by atoms with Crippen LogP contribution in [0.15, 0.2) is 12.2 Å². The first-order valence-corrected chi connectivity index (χ1v) is 6.94. The van der Waals surface area contributed by atoms with E-state index in [1.54, 1.807) is 0 Å². The van der Waals surface area contributed by atoms with Crippen LogP contribution in [0.2, 0.25) is 0 Å². The molecule has 86 valence electrons. The van der Waals surface area contributed by atoms with Crippen LogP contribution in [0.5, 0.6) is 0 Å². The molecule has 0 radical (unpaired) electrons. The fraction of sp³-hybridized carbons (Fsp3) is 0.867. The standard InChI is InChI=1S/C15H26/c1-12(2)14-10-6-7-11-15(14)13-8-4-3-5-9-13/h3-4,12-15H,5-11H2,1-2H3. The summed E-state index contributed by atoms with van der Waals surface area (Å²) in [5.74, 6) is 3.99. The monoisotopic (exact) mass is 206 g/mol. The average Bonchev–Trinajstić information content (AvgIpc) is 2.30. The highest BCUT2D eigenvalue weighted by Gasteiger charge is 2.32. The Hall–Kier alpha value is -0.260. The Bertz CT molecular complexity index is 214. The second kappa shape index (κ2) is 5.18. The molecule has 0 N–H and O–H groups in total. The van der Waals surface area contributed by atoms with Gasteiger partial charge in [0.2, 0.25) is 0 Å². The lowest BCUT2D eigenvalue weighted by atomic mass is 9.66. The summed E-state index contributed by atoms with van der Waals surface area (Å²) in [5.41, 5.74) is 0. The van der Waals surface area contributed by atoms with Crippen molar-refractivity contribution in [2.75, 3.05) is 0 Å². The van der Waals surface area contributed by atoms with Crippen molar-refractivity contribution in [1.29, 1.82) is 0 Å². The van der Waals surface area contributed by atoms with Crippen LogP contribution in [0.3, 0.4) is 0 Å². The zero-order valence-electron chi connectivity index (χ0n) is 10.4. The summed E-state index contributed by atoms with van der Waals surface area (Å²) in [4.78, 5) is 0. The molecule has 3 atom stereocenters. The third-order valence-electron chi connectivity index (χ3n) is 4.65. The van der Waals surface area contributed by atoms with Crippen molar-refractivity contribution < 1.29 is 0 Å². The van der Waals surface area contributed by atoms with Gasteiger partial charge in [0, 0.05) is 0 Å². The Kier molecular flexibility index (Phi) is 3.88. The van der Waals surface area contributed by atoms with E-state index >= 15 is 0 Å². The van der Waals surface area contributed by atoms with E-state index in [2.05, 4.69) is 26.0 Å². The predicted octanol–water partition coefficient (Wildman–Crippen LogP) is 4.81. The molecule has 0 amide bonds. The molecule has 0 heterocycles. The first kappa shape index (κ1) is 11.2. The lowest BCUT2D eigenvalue weighted by Gasteiger charge is -2.40. The smallest absolute Gasteiger partial charge is 0.0319 e. The van der Waals surface area contributed by atoms with Gasteiger partial charge < -0.3 is 0 Å². The minimum atomic E-state index is 0.904. The molecule has 0 saturated heterocycles. The van der Waals surface area contributed by atoms with Crippen molar-refractivity contribution in [3.63, 3.8) is 0 Å². The van der Waals surface area contributed by atoms with Crippen LogP contribution in [-0.2, 0) is 0 Å². The van der Waals surface area contributed by atoms with Crippen molar-refractivity contribution in [3.05, 3.63) is 12.2 Å². The molecular formula is C15H26. The number of hydrogen-bond acceptors (Lipinski definition) is 0. The van der Waals surface area contributed by atoms with Crippen molar-refractivity contribution >= 4 is 0 Å². The van der Waals surface area contributed by atoms with E-state index in [9.17, 15) is 0 Å². The second-order valence-electron chi connectivity index (χ2n) is 5.90. The molecule has 0 aromatic heterocycles. The Morgan fingerprint density at radius 3 is 2.47 bits per heavy atom. The molecule has 0 bridgehead atoms. The maximum Gasteiger partial charge on any atom is -0.0319 e. The highest BCUT2D eigenvalue weighted by atomic mass is 14.4. The molecule has 1 saturated carbocycles. The molecule has 0 heteroatoms. The minimum absolute atomic E-state index is 0.904. The fourth-order valence-corrected chi connectivity index (χ4v) is 3.81. The van der Waals surface area contributed by atoms with Crippen LogP contribution in [0.4, 0.5) is 0 Å². The number of hydrogen-bond donors (Lipinski definition) is 0. The van der Waals surface area contributed by atoms with Crippen LogP contribution in [0.1, 0.15) is 58.8 Å². The summed E-state index contributed by atoms with van der Waals surface area (Å²) in [6, 6.07) is 0. The van der Waals surface area contributed by atoms with Crippen molar-refractivity contribution in [2.24, 2.45) is 23.7 Å². The van der Waals surface area contributed by atoms with E-state index in [-0.39, 0.29) is 0 Å². The largest absolute Gasteiger partial charge is 0.0885 e. The SMILES string of the molecule is CC(C)C1CCCCC1C1CC=CCC1. The van der Waals surface area contributed by atoms with E-state index in [1.165, 1.54) is 44.9 Å². The quantitative estimate of drug-likeness (QED) is 0.569. The lowest BCUT2D eigenvalue weighted by molar-refractivity contribution is 0.114. The molecule has 0 aliphatic heterocycles. The normalized spacial score (nSPS) is 37.1. The van der Waals surface area contributed by atoms with E-state index < -0.39 is 0 Å². The molecule has 0 aromatic carbocycles. The van der Waals surface area contributed by atoms with Crippen LogP contribution < -0.4 is 0 Å².